The maximum atomic E-state index is 11.4. The van der Waals surface area contributed by atoms with Crippen LogP contribution < -0.4 is 0 Å². The lowest BCUT2D eigenvalue weighted by Crippen LogP contribution is -2.27. The van der Waals surface area contributed by atoms with Crippen molar-refractivity contribution in [3.63, 3.8) is 0 Å². The number of rotatable bonds is 4. The van der Waals surface area contributed by atoms with E-state index in [1.54, 1.807) is 0 Å². The van der Waals surface area contributed by atoms with Crippen molar-refractivity contribution in [1.82, 2.24) is 0 Å². The number of carbonyl (C=O) groups is 2. The Labute approximate surface area is 119 Å². The Hall–Kier alpha value is -1.84. The summed E-state index contributed by atoms with van der Waals surface area (Å²) in [6.45, 7) is 10.1. The molecule has 4 heteroatoms. The van der Waals surface area contributed by atoms with Crippen LogP contribution in [0.4, 0.5) is 0 Å². The van der Waals surface area contributed by atoms with E-state index in [2.05, 4.69) is 20.8 Å². The number of benzene rings is 1. The predicted octanol–water partition coefficient (Wildman–Crippen LogP) is 3.80. The second-order valence-corrected chi connectivity index (χ2v) is 6.99. The maximum Gasteiger partial charge on any atom is 0.335 e. The zero-order chi connectivity index (χ0) is 15.7. The molecule has 1 rings (SSSR count). The first-order valence-electron chi connectivity index (χ1n) is 6.55. The van der Waals surface area contributed by atoms with Gasteiger partial charge in [0.05, 0.1) is 11.1 Å². The number of carboxylic acid groups (broad SMARTS) is 2. The summed E-state index contributed by atoms with van der Waals surface area (Å²) in [6, 6.07) is 4.20. The lowest BCUT2D eigenvalue weighted by atomic mass is 9.71. The first-order chi connectivity index (χ1) is 8.94. The van der Waals surface area contributed by atoms with Gasteiger partial charge in [-0.3, -0.25) is 0 Å². The maximum absolute atomic E-state index is 11.4. The van der Waals surface area contributed by atoms with Crippen molar-refractivity contribution >= 4 is 11.9 Å². The van der Waals surface area contributed by atoms with Gasteiger partial charge in [-0.2, -0.15) is 0 Å². The van der Waals surface area contributed by atoms with Crippen LogP contribution in [-0.2, 0) is 5.41 Å². The quantitative estimate of drug-likeness (QED) is 0.878. The summed E-state index contributed by atoms with van der Waals surface area (Å²) < 4.78 is 0. The van der Waals surface area contributed by atoms with Gasteiger partial charge in [0, 0.05) is 0 Å². The van der Waals surface area contributed by atoms with Gasteiger partial charge in [0.15, 0.2) is 0 Å². The van der Waals surface area contributed by atoms with Gasteiger partial charge in [-0.25, -0.2) is 9.59 Å². The smallest absolute Gasteiger partial charge is 0.335 e. The van der Waals surface area contributed by atoms with E-state index in [1.165, 1.54) is 18.2 Å². The van der Waals surface area contributed by atoms with E-state index in [4.69, 9.17) is 5.11 Å². The third kappa shape index (κ3) is 3.83. The van der Waals surface area contributed by atoms with Crippen LogP contribution in [0, 0.1) is 5.41 Å². The molecular weight excluding hydrogens is 256 g/mol. The molecule has 0 radical (unpaired) electrons. The third-order valence-corrected chi connectivity index (χ3v) is 3.20. The molecule has 1 aromatic rings. The van der Waals surface area contributed by atoms with Gasteiger partial charge in [0.1, 0.15) is 0 Å². The monoisotopic (exact) mass is 278 g/mol. The van der Waals surface area contributed by atoms with Crippen LogP contribution in [-0.4, -0.2) is 22.2 Å². The summed E-state index contributed by atoms with van der Waals surface area (Å²) in [5.74, 6) is -2.08. The average Bonchev–Trinajstić information content (AvgIpc) is 2.24. The lowest BCUT2D eigenvalue weighted by molar-refractivity contribution is 0.0678. The molecule has 0 heterocycles. The normalized spacial score (nSPS) is 12.2. The van der Waals surface area contributed by atoms with Gasteiger partial charge in [0.25, 0.3) is 0 Å². The summed E-state index contributed by atoms with van der Waals surface area (Å²) in [4.78, 5) is 22.5. The molecule has 0 unspecified atom stereocenters. The fourth-order valence-electron chi connectivity index (χ4n) is 2.84. The Morgan fingerprint density at radius 2 is 1.55 bits per heavy atom. The molecule has 4 nitrogen and oxygen atoms in total. The van der Waals surface area contributed by atoms with Gasteiger partial charge in [-0.05, 0) is 41.0 Å². The number of carboxylic acids is 2. The van der Waals surface area contributed by atoms with Crippen LogP contribution in [0.2, 0.25) is 0 Å². The van der Waals surface area contributed by atoms with Gasteiger partial charge in [0.2, 0.25) is 0 Å². The van der Waals surface area contributed by atoms with Crippen molar-refractivity contribution in [3.05, 3.63) is 34.9 Å². The fourth-order valence-corrected chi connectivity index (χ4v) is 2.84. The summed E-state index contributed by atoms with van der Waals surface area (Å²) in [6.07, 6.45) is 0.753. The van der Waals surface area contributed by atoms with E-state index < -0.39 is 17.4 Å². The minimum atomic E-state index is -1.05. The Kier molecular flexibility index (Phi) is 4.27. The van der Waals surface area contributed by atoms with Crippen molar-refractivity contribution in [2.75, 3.05) is 0 Å². The largest absolute Gasteiger partial charge is 0.478 e. The van der Waals surface area contributed by atoms with Gasteiger partial charge < -0.3 is 10.2 Å². The molecule has 110 valence electrons. The van der Waals surface area contributed by atoms with E-state index >= 15 is 0 Å². The van der Waals surface area contributed by atoms with Crippen molar-refractivity contribution < 1.29 is 19.8 Å². The SMILES string of the molecule is CC(C)(C)CC(C)(C)c1cc(C(=O)O)ccc1C(=O)O. The van der Waals surface area contributed by atoms with E-state index in [0.717, 1.165) is 6.42 Å². The van der Waals surface area contributed by atoms with Crippen molar-refractivity contribution in [2.24, 2.45) is 5.41 Å². The molecule has 1 aromatic carbocycles. The standard InChI is InChI=1S/C16H22O4/c1-15(2,3)9-16(4,5)12-8-10(13(17)18)6-7-11(12)14(19)20/h6-8H,9H2,1-5H3,(H,17,18)(H,19,20). The van der Waals surface area contributed by atoms with Crippen LogP contribution in [0.25, 0.3) is 0 Å². The number of hydrogen-bond donors (Lipinski definition) is 2. The summed E-state index contributed by atoms with van der Waals surface area (Å²) in [7, 11) is 0. The Balaban J connectivity index is 3.42. The molecular formula is C16H22O4. The van der Waals surface area contributed by atoms with Crippen molar-refractivity contribution in [3.8, 4) is 0 Å². The molecule has 0 atom stereocenters. The summed E-state index contributed by atoms with van der Waals surface area (Å²) in [5.41, 5.74) is 0.451. The molecule has 0 amide bonds. The first kappa shape index (κ1) is 16.2. The van der Waals surface area contributed by atoms with Crippen LogP contribution in [0.15, 0.2) is 18.2 Å². The van der Waals surface area contributed by atoms with Crippen LogP contribution >= 0.6 is 0 Å². The van der Waals surface area contributed by atoms with Crippen molar-refractivity contribution in [1.29, 1.82) is 0 Å². The van der Waals surface area contributed by atoms with E-state index in [-0.39, 0.29) is 16.5 Å². The molecule has 0 aromatic heterocycles. The highest BCUT2D eigenvalue weighted by atomic mass is 16.4. The Morgan fingerprint density at radius 1 is 1.00 bits per heavy atom. The zero-order valence-electron chi connectivity index (χ0n) is 12.7. The molecule has 0 saturated carbocycles. The molecule has 0 fully saturated rings. The first-order valence-corrected chi connectivity index (χ1v) is 6.55. The molecule has 0 spiro atoms. The number of hydrogen-bond acceptors (Lipinski definition) is 2. The van der Waals surface area contributed by atoms with Crippen molar-refractivity contribution in [2.45, 2.75) is 46.5 Å². The molecule has 2 N–H and O–H groups in total. The van der Waals surface area contributed by atoms with Crippen LogP contribution in [0.3, 0.4) is 0 Å². The highest BCUT2D eigenvalue weighted by molar-refractivity contribution is 5.93. The average molecular weight is 278 g/mol. The lowest BCUT2D eigenvalue weighted by Gasteiger charge is -2.34. The Morgan fingerprint density at radius 3 is 1.95 bits per heavy atom. The minimum absolute atomic E-state index is 0.0124. The van der Waals surface area contributed by atoms with Crippen LogP contribution in [0.5, 0.6) is 0 Å². The second-order valence-electron chi connectivity index (χ2n) is 6.99. The summed E-state index contributed by atoms with van der Waals surface area (Å²) in [5, 5.41) is 18.4. The van der Waals surface area contributed by atoms with E-state index in [9.17, 15) is 14.7 Å². The highest BCUT2D eigenvalue weighted by Crippen LogP contribution is 2.38. The van der Waals surface area contributed by atoms with Crippen LogP contribution in [0.1, 0.15) is 67.3 Å². The van der Waals surface area contributed by atoms with Gasteiger partial charge in [-0.15, -0.1) is 0 Å². The fraction of sp³-hybridized carbons (Fsp3) is 0.500. The molecule has 0 bridgehead atoms. The van der Waals surface area contributed by atoms with Gasteiger partial charge >= 0.3 is 11.9 Å². The topological polar surface area (TPSA) is 74.6 Å². The van der Waals surface area contributed by atoms with E-state index in [1.807, 2.05) is 13.8 Å². The molecule has 20 heavy (non-hydrogen) atoms. The summed E-state index contributed by atoms with van der Waals surface area (Å²) >= 11 is 0. The molecule has 0 aliphatic rings. The second kappa shape index (κ2) is 5.27. The predicted molar refractivity (Wildman–Crippen MR) is 77.5 cm³/mol. The highest BCUT2D eigenvalue weighted by Gasteiger charge is 2.31. The molecule has 0 aliphatic heterocycles. The molecule has 0 saturated heterocycles. The molecule has 0 aliphatic carbocycles. The van der Waals surface area contributed by atoms with E-state index in [0.29, 0.717) is 5.56 Å². The Bertz CT molecular complexity index is 536. The zero-order valence-corrected chi connectivity index (χ0v) is 12.7. The third-order valence-electron chi connectivity index (χ3n) is 3.20. The number of aromatic carboxylic acids is 2. The minimum Gasteiger partial charge on any atom is -0.478 e. The van der Waals surface area contributed by atoms with Gasteiger partial charge in [-0.1, -0.05) is 34.6 Å².